The highest BCUT2D eigenvalue weighted by molar-refractivity contribution is 7.98. The molecule has 3 heterocycles. The average Bonchev–Trinajstić information content (AvgIpc) is 3.26. The van der Waals surface area contributed by atoms with Crippen molar-refractivity contribution in [2.45, 2.75) is 13.0 Å². The number of benzene rings is 3. The zero-order valence-corrected chi connectivity index (χ0v) is 25.8. The van der Waals surface area contributed by atoms with E-state index in [2.05, 4.69) is 119 Å². The standard InChI is InChI=1S/C21H20P.C11H12N4O6S/c1-2-18-22(19-12-6-3-7-13-19,20-14-8-4-9-15-20)21-16-10-5-11-17-21;1-13-5-7(4-12-10(13)16)8-2-3-14-6-9(8)15(11(14)17)21-22(18,19)20/h2-18H,1H3;2,4-5,9H,3,6H2,1H3,(H,18,19,20)/q+1;/p-1/b18-2-;. The summed E-state index contributed by atoms with van der Waals surface area (Å²) in [6.07, 6.45) is 6.75. The van der Waals surface area contributed by atoms with E-state index in [0.29, 0.717) is 16.2 Å². The van der Waals surface area contributed by atoms with Crippen molar-refractivity contribution in [3.63, 3.8) is 0 Å². The van der Waals surface area contributed by atoms with Gasteiger partial charge in [-0.1, -0.05) is 66.7 Å². The van der Waals surface area contributed by atoms with Gasteiger partial charge >= 0.3 is 11.7 Å². The van der Waals surface area contributed by atoms with E-state index in [4.69, 9.17) is 0 Å². The molecule has 1 unspecified atom stereocenters. The molecule has 0 N–H and O–H groups in total. The van der Waals surface area contributed by atoms with Crippen molar-refractivity contribution in [3.05, 3.63) is 137 Å². The number of rotatable bonds is 7. The third-order valence-electron chi connectivity index (χ3n) is 7.34. The molecule has 2 bridgehead atoms. The van der Waals surface area contributed by atoms with Gasteiger partial charge in [-0.05, 0) is 48.9 Å². The summed E-state index contributed by atoms with van der Waals surface area (Å²) in [6, 6.07) is 31.2. The third kappa shape index (κ3) is 6.41. The Hall–Kier alpha value is -4.41. The van der Waals surface area contributed by atoms with Crippen molar-refractivity contribution in [2.24, 2.45) is 7.05 Å². The SMILES string of the molecule is C/C=C\[P+](c1ccccc1)(c1ccccc1)c1ccccc1.Cn1cc(C2=CCN3CC2N(OS(=O)(=O)[O-])C3=O)cnc1=O. The van der Waals surface area contributed by atoms with E-state index in [9.17, 15) is 22.6 Å². The molecule has 10 nitrogen and oxygen atoms in total. The second-order valence-corrected chi connectivity index (χ2v) is 14.4. The van der Waals surface area contributed by atoms with Crippen LogP contribution in [0.15, 0.2) is 126 Å². The highest BCUT2D eigenvalue weighted by atomic mass is 32.3. The number of aryl methyl sites for hydroxylation is 1. The van der Waals surface area contributed by atoms with E-state index in [1.165, 1.54) is 44.8 Å². The lowest BCUT2D eigenvalue weighted by Gasteiger charge is -2.25. The summed E-state index contributed by atoms with van der Waals surface area (Å²) in [5, 5.41) is 4.73. The van der Waals surface area contributed by atoms with Gasteiger partial charge in [-0.25, -0.2) is 23.0 Å². The molecular weight excluding hydrogens is 599 g/mol. The minimum Gasteiger partial charge on any atom is -0.724 e. The molecule has 0 radical (unpaired) electrons. The van der Waals surface area contributed by atoms with Crippen molar-refractivity contribution in [2.75, 3.05) is 13.1 Å². The first kappa shape index (κ1) is 31.0. The third-order valence-corrected chi connectivity index (χ3v) is 11.8. The molecule has 1 aromatic heterocycles. The summed E-state index contributed by atoms with van der Waals surface area (Å²) in [5.74, 6) is 2.41. The van der Waals surface area contributed by atoms with Crippen molar-refractivity contribution in [1.82, 2.24) is 19.5 Å². The molecule has 2 aliphatic rings. The molecular formula is C32H31N4O6PS. The fourth-order valence-electron chi connectivity index (χ4n) is 5.43. The number of hydrogen-bond acceptors (Lipinski definition) is 7. The lowest BCUT2D eigenvalue weighted by atomic mass is 9.99. The van der Waals surface area contributed by atoms with Crippen LogP contribution in [0.25, 0.3) is 5.57 Å². The van der Waals surface area contributed by atoms with Crippen LogP contribution in [0.5, 0.6) is 0 Å². The maximum Gasteiger partial charge on any atom is 0.347 e. The number of allylic oxidation sites excluding steroid dienone is 1. The van der Waals surface area contributed by atoms with Gasteiger partial charge in [0.1, 0.15) is 29.2 Å². The van der Waals surface area contributed by atoms with Gasteiger partial charge in [-0.2, -0.15) is 9.35 Å². The van der Waals surface area contributed by atoms with Gasteiger partial charge in [-0.15, -0.1) is 0 Å². The van der Waals surface area contributed by atoms with Crippen LogP contribution in [-0.2, 0) is 21.7 Å². The molecule has 1 saturated heterocycles. The quantitative estimate of drug-likeness (QED) is 0.175. The largest absolute Gasteiger partial charge is 0.724 e. The minimum atomic E-state index is -5.07. The second-order valence-electron chi connectivity index (χ2n) is 10.1. The number of nitrogens with zero attached hydrogens (tertiary/aromatic N) is 4. The van der Waals surface area contributed by atoms with E-state index < -0.39 is 35.4 Å². The zero-order valence-electron chi connectivity index (χ0n) is 24.1. The Morgan fingerprint density at radius 2 is 1.43 bits per heavy atom. The molecule has 2 amide bonds. The number of carbonyl (C=O) groups is 1. The summed E-state index contributed by atoms with van der Waals surface area (Å²) in [6.45, 7) is 2.54. The molecule has 226 valence electrons. The van der Waals surface area contributed by atoms with Crippen molar-refractivity contribution in [1.29, 1.82) is 0 Å². The highest BCUT2D eigenvalue weighted by Crippen LogP contribution is 2.56. The molecule has 12 heteroatoms. The van der Waals surface area contributed by atoms with Crippen LogP contribution >= 0.6 is 7.26 Å². The number of amides is 2. The number of hydroxylamine groups is 2. The molecule has 1 fully saturated rings. The van der Waals surface area contributed by atoms with Gasteiger partial charge in [0, 0.05) is 31.5 Å². The first-order valence-corrected chi connectivity index (χ1v) is 17.0. The van der Waals surface area contributed by atoms with Gasteiger partial charge < -0.3 is 14.0 Å². The predicted molar refractivity (Wildman–Crippen MR) is 171 cm³/mol. The van der Waals surface area contributed by atoms with Crippen molar-refractivity contribution in [3.8, 4) is 0 Å². The second kappa shape index (κ2) is 13.1. The number of carbonyl (C=O) groups excluding carboxylic acids is 1. The first-order valence-electron chi connectivity index (χ1n) is 13.8. The Kier molecular flexibility index (Phi) is 9.22. The maximum atomic E-state index is 12.0. The van der Waals surface area contributed by atoms with Gasteiger partial charge in [0.2, 0.25) is 10.4 Å². The topological polar surface area (TPSA) is 125 Å². The molecule has 0 aliphatic carbocycles. The lowest BCUT2D eigenvalue weighted by molar-refractivity contribution is -0.0171. The Balaban J connectivity index is 0.000000175. The molecule has 0 spiro atoms. The molecule has 2 aliphatic heterocycles. The molecule has 1 atom stereocenters. The summed E-state index contributed by atoms with van der Waals surface area (Å²) in [4.78, 5) is 28.3. The van der Waals surface area contributed by atoms with Crippen LogP contribution < -0.4 is 21.6 Å². The first-order chi connectivity index (χ1) is 21.1. The minimum absolute atomic E-state index is 0.184. The Morgan fingerprint density at radius 1 is 0.909 bits per heavy atom. The Bertz CT molecular complexity index is 1750. The summed E-state index contributed by atoms with van der Waals surface area (Å²) in [5.41, 5.74) is 0.659. The summed E-state index contributed by atoms with van der Waals surface area (Å²) < 4.78 is 37.9. The van der Waals surface area contributed by atoms with E-state index in [0.717, 1.165) is 0 Å². The van der Waals surface area contributed by atoms with E-state index in [1.54, 1.807) is 6.08 Å². The number of aromatic nitrogens is 2. The van der Waals surface area contributed by atoms with Gasteiger partial charge in [0.15, 0.2) is 0 Å². The smallest absolute Gasteiger partial charge is 0.347 e. The summed E-state index contributed by atoms with van der Waals surface area (Å²) >= 11 is 0. The lowest BCUT2D eigenvalue weighted by Crippen LogP contribution is -2.36. The molecule has 6 rings (SSSR count). The van der Waals surface area contributed by atoms with Crippen molar-refractivity contribution < 1.29 is 22.0 Å². The van der Waals surface area contributed by atoms with Crippen LogP contribution in [0.4, 0.5) is 4.79 Å². The Morgan fingerprint density at radius 3 is 1.89 bits per heavy atom. The van der Waals surface area contributed by atoms with Crippen LogP contribution in [0.1, 0.15) is 12.5 Å². The highest BCUT2D eigenvalue weighted by Gasteiger charge is 2.45. The van der Waals surface area contributed by atoms with E-state index >= 15 is 0 Å². The summed E-state index contributed by atoms with van der Waals surface area (Å²) in [7, 11) is -5.28. The number of urea groups is 1. The average molecular weight is 631 g/mol. The van der Waals surface area contributed by atoms with Crippen LogP contribution in [-0.4, -0.2) is 57.6 Å². The monoisotopic (exact) mass is 630 g/mol. The van der Waals surface area contributed by atoms with Gasteiger partial charge in [-0.3, -0.25) is 0 Å². The maximum absolute atomic E-state index is 12.0. The van der Waals surface area contributed by atoms with Crippen LogP contribution in [0.2, 0.25) is 0 Å². The predicted octanol–water partition coefficient (Wildman–Crippen LogP) is 3.19. The molecule has 3 aromatic carbocycles. The normalized spacial score (nSPS) is 16.5. The van der Waals surface area contributed by atoms with Crippen molar-refractivity contribution >= 4 is 45.2 Å². The Labute approximate surface area is 256 Å². The fourth-order valence-corrected chi connectivity index (χ4v) is 9.58. The van der Waals surface area contributed by atoms with E-state index in [1.807, 2.05) is 0 Å². The fraction of sp³-hybridized carbons (Fsp3) is 0.156. The van der Waals surface area contributed by atoms with Gasteiger partial charge in [0.05, 0.1) is 12.4 Å². The van der Waals surface area contributed by atoms with Crippen LogP contribution in [0.3, 0.4) is 0 Å². The number of fused-ring (bicyclic) bond motifs is 2. The number of hydrogen-bond donors (Lipinski definition) is 0. The zero-order chi connectivity index (χ0) is 31.3. The van der Waals surface area contributed by atoms with Gasteiger partial charge in [0.25, 0.3) is 0 Å². The molecule has 4 aromatic rings. The molecule has 0 saturated carbocycles. The van der Waals surface area contributed by atoms with E-state index in [-0.39, 0.29) is 13.1 Å². The molecule has 44 heavy (non-hydrogen) atoms. The van der Waals surface area contributed by atoms with Crippen LogP contribution in [0, 0.1) is 0 Å².